The second-order valence-electron chi connectivity index (χ2n) is 5.25. The maximum atomic E-state index is 14.0. The molecule has 0 aliphatic rings. The normalized spacial score (nSPS) is 11.5. The van der Waals surface area contributed by atoms with Crippen molar-refractivity contribution in [2.45, 2.75) is 6.18 Å². The average molecular weight is 349 g/mol. The van der Waals surface area contributed by atoms with Gasteiger partial charge in [-0.2, -0.15) is 13.2 Å². The first kappa shape index (κ1) is 16.8. The molecule has 0 radical (unpaired) electrons. The molecule has 0 saturated carbocycles. The number of aromatic nitrogens is 2. The maximum absolute atomic E-state index is 14.0. The monoisotopic (exact) mass is 349 g/mol. The predicted molar refractivity (Wildman–Crippen MR) is 83.7 cm³/mol. The molecular formula is C17H11F4N3O. The number of halogens is 4. The molecule has 0 fully saturated rings. The van der Waals surface area contributed by atoms with Gasteiger partial charge in [-0.25, -0.2) is 4.39 Å². The maximum Gasteiger partial charge on any atom is 0.406 e. The fourth-order valence-electron chi connectivity index (χ4n) is 2.36. The van der Waals surface area contributed by atoms with Crippen LogP contribution in [0, 0.1) is 5.82 Å². The summed E-state index contributed by atoms with van der Waals surface area (Å²) in [5.74, 6) is -1.91. The van der Waals surface area contributed by atoms with Gasteiger partial charge in [-0.3, -0.25) is 19.7 Å². The summed E-state index contributed by atoms with van der Waals surface area (Å²) in [5.41, 5.74) is -0.0295. The Morgan fingerprint density at radius 2 is 1.88 bits per heavy atom. The molecule has 8 heteroatoms. The third-order valence-corrected chi connectivity index (χ3v) is 3.46. The highest BCUT2D eigenvalue weighted by atomic mass is 19.4. The summed E-state index contributed by atoms with van der Waals surface area (Å²) in [4.78, 5) is 20.9. The number of amides is 1. The Kier molecular flexibility index (Phi) is 4.35. The third kappa shape index (κ3) is 3.73. The van der Waals surface area contributed by atoms with Crippen molar-refractivity contribution in [2.75, 3.05) is 11.4 Å². The van der Waals surface area contributed by atoms with Gasteiger partial charge in [-0.05, 0) is 24.3 Å². The van der Waals surface area contributed by atoms with Crippen LogP contribution >= 0.6 is 0 Å². The van der Waals surface area contributed by atoms with E-state index in [0.29, 0.717) is 15.8 Å². The molecule has 0 aliphatic carbocycles. The molecule has 1 aromatic carbocycles. The van der Waals surface area contributed by atoms with Crippen molar-refractivity contribution >= 4 is 22.5 Å². The van der Waals surface area contributed by atoms with Crippen molar-refractivity contribution in [3.05, 3.63) is 66.4 Å². The van der Waals surface area contributed by atoms with Crippen molar-refractivity contribution in [2.24, 2.45) is 0 Å². The van der Waals surface area contributed by atoms with Gasteiger partial charge in [0.1, 0.15) is 12.4 Å². The lowest BCUT2D eigenvalue weighted by Crippen LogP contribution is -2.39. The molecule has 0 saturated heterocycles. The quantitative estimate of drug-likeness (QED) is 0.672. The van der Waals surface area contributed by atoms with Gasteiger partial charge in [-0.15, -0.1) is 0 Å². The highest BCUT2D eigenvalue weighted by molar-refractivity contribution is 6.07. The van der Waals surface area contributed by atoms with Crippen LogP contribution in [0.5, 0.6) is 0 Å². The summed E-state index contributed by atoms with van der Waals surface area (Å²) in [5, 5.41) is 0.543. The van der Waals surface area contributed by atoms with Gasteiger partial charge in [0.05, 0.1) is 23.0 Å². The van der Waals surface area contributed by atoms with Crippen LogP contribution in [0.2, 0.25) is 0 Å². The summed E-state index contributed by atoms with van der Waals surface area (Å²) in [6, 6.07) is 7.79. The summed E-state index contributed by atoms with van der Waals surface area (Å²) in [6.07, 6.45) is -0.598. The average Bonchev–Trinajstić information content (AvgIpc) is 2.58. The Labute approximate surface area is 139 Å². The van der Waals surface area contributed by atoms with Crippen LogP contribution in [0.1, 0.15) is 10.4 Å². The van der Waals surface area contributed by atoms with Crippen LogP contribution in [-0.2, 0) is 0 Å². The highest BCUT2D eigenvalue weighted by Gasteiger charge is 2.35. The third-order valence-electron chi connectivity index (χ3n) is 3.46. The Hall–Kier alpha value is -3.03. The van der Waals surface area contributed by atoms with E-state index >= 15 is 0 Å². The number of carbonyl (C=O) groups excluding carboxylic acids is 1. The molecule has 3 rings (SSSR count). The fraction of sp³-hybridized carbons (Fsp3) is 0.118. The molecule has 25 heavy (non-hydrogen) atoms. The number of alkyl halides is 3. The second-order valence-corrected chi connectivity index (χ2v) is 5.25. The molecule has 2 aromatic heterocycles. The van der Waals surface area contributed by atoms with Gasteiger partial charge in [0.25, 0.3) is 5.91 Å². The molecule has 0 bridgehead atoms. The number of carbonyl (C=O) groups is 1. The molecule has 4 nitrogen and oxygen atoms in total. The molecule has 0 N–H and O–H groups in total. The number of pyridine rings is 2. The predicted octanol–water partition coefficient (Wildman–Crippen LogP) is 3.98. The van der Waals surface area contributed by atoms with Crippen LogP contribution in [0.3, 0.4) is 0 Å². The largest absolute Gasteiger partial charge is 0.406 e. The van der Waals surface area contributed by atoms with E-state index in [1.54, 1.807) is 6.07 Å². The Morgan fingerprint density at radius 1 is 1.12 bits per heavy atom. The molecule has 0 atom stereocenters. The zero-order valence-electron chi connectivity index (χ0n) is 12.7. The van der Waals surface area contributed by atoms with E-state index < -0.39 is 30.1 Å². The Morgan fingerprint density at radius 3 is 2.60 bits per heavy atom. The number of nitrogens with zero attached hydrogens (tertiary/aromatic N) is 3. The van der Waals surface area contributed by atoms with Crippen LogP contribution in [0.4, 0.5) is 23.2 Å². The zero-order valence-corrected chi connectivity index (χ0v) is 12.7. The van der Waals surface area contributed by atoms with Crippen LogP contribution in [0.25, 0.3) is 10.9 Å². The van der Waals surface area contributed by atoms with Gasteiger partial charge in [0.2, 0.25) is 0 Å². The summed E-state index contributed by atoms with van der Waals surface area (Å²) in [7, 11) is 0. The van der Waals surface area contributed by atoms with Gasteiger partial charge in [0.15, 0.2) is 0 Å². The first-order valence-corrected chi connectivity index (χ1v) is 7.18. The van der Waals surface area contributed by atoms with Crippen molar-refractivity contribution in [3.8, 4) is 0 Å². The number of rotatable bonds is 3. The molecule has 128 valence electrons. The number of hydrogen-bond donors (Lipinski definition) is 0. The van der Waals surface area contributed by atoms with Crippen molar-refractivity contribution in [3.63, 3.8) is 0 Å². The number of anilines is 1. The van der Waals surface area contributed by atoms with E-state index in [-0.39, 0.29) is 5.56 Å². The number of fused-ring (bicyclic) bond motifs is 1. The Balaban J connectivity index is 2.05. The van der Waals surface area contributed by atoms with Gasteiger partial charge in [-0.1, -0.05) is 12.1 Å². The number of benzene rings is 1. The fourth-order valence-corrected chi connectivity index (χ4v) is 2.36. The van der Waals surface area contributed by atoms with E-state index in [9.17, 15) is 22.4 Å². The minimum Gasteiger partial charge on any atom is -0.296 e. The minimum atomic E-state index is -4.69. The van der Waals surface area contributed by atoms with Crippen LogP contribution in [0.15, 0.2) is 55.0 Å². The lowest BCUT2D eigenvalue weighted by Gasteiger charge is -2.24. The smallest absolute Gasteiger partial charge is 0.296 e. The van der Waals surface area contributed by atoms with E-state index in [1.807, 2.05) is 0 Å². The van der Waals surface area contributed by atoms with Crippen molar-refractivity contribution in [1.82, 2.24) is 9.97 Å². The lowest BCUT2D eigenvalue weighted by atomic mass is 10.1. The summed E-state index contributed by atoms with van der Waals surface area (Å²) in [6.45, 7) is -1.61. The molecule has 0 aliphatic heterocycles. The van der Waals surface area contributed by atoms with Gasteiger partial charge < -0.3 is 0 Å². The molecule has 3 aromatic rings. The van der Waals surface area contributed by atoms with Gasteiger partial charge in [0, 0.05) is 17.8 Å². The van der Waals surface area contributed by atoms with E-state index in [2.05, 4.69) is 9.97 Å². The zero-order chi connectivity index (χ0) is 18.0. The first-order valence-electron chi connectivity index (χ1n) is 7.18. The second kappa shape index (κ2) is 6.46. The molecule has 2 heterocycles. The molecular weight excluding hydrogens is 338 g/mol. The molecule has 1 amide bonds. The Bertz CT molecular complexity index is 927. The standard InChI is InChI=1S/C17H11F4N3O/c18-13-3-1-2-4-15(13)24(10-17(19,20)21)16(25)12-7-11-5-6-22-9-14(11)23-8-12/h1-9H,10H2. The number of hydrogen-bond acceptors (Lipinski definition) is 3. The highest BCUT2D eigenvalue weighted by Crippen LogP contribution is 2.26. The summed E-state index contributed by atoms with van der Waals surface area (Å²) < 4.78 is 52.7. The van der Waals surface area contributed by atoms with Crippen molar-refractivity contribution in [1.29, 1.82) is 0 Å². The van der Waals surface area contributed by atoms with E-state index in [1.165, 1.54) is 30.6 Å². The van der Waals surface area contributed by atoms with Crippen molar-refractivity contribution < 1.29 is 22.4 Å². The van der Waals surface area contributed by atoms with E-state index in [4.69, 9.17) is 0 Å². The van der Waals surface area contributed by atoms with Crippen LogP contribution < -0.4 is 4.90 Å². The minimum absolute atomic E-state index is 0.0776. The van der Waals surface area contributed by atoms with Gasteiger partial charge >= 0.3 is 6.18 Å². The topological polar surface area (TPSA) is 46.1 Å². The number of para-hydroxylation sites is 1. The van der Waals surface area contributed by atoms with Crippen LogP contribution in [-0.4, -0.2) is 28.6 Å². The van der Waals surface area contributed by atoms with E-state index in [0.717, 1.165) is 18.3 Å². The molecule has 0 unspecified atom stereocenters. The SMILES string of the molecule is O=C(c1cnc2cnccc2c1)N(CC(F)(F)F)c1ccccc1F. The first-order chi connectivity index (χ1) is 11.8. The lowest BCUT2D eigenvalue weighted by molar-refractivity contribution is -0.118. The molecule has 0 spiro atoms. The summed E-state index contributed by atoms with van der Waals surface area (Å²) >= 11 is 0.